The van der Waals surface area contributed by atoms with Gasteiger partial charge in [0.05, 0.1) is 5.02 Å². The van der Waals surface area contributed by atoms with Gasteiger partial charge < -0.3 is 5.32 Å². The molecule has 4 heteroatoms. The summed E-state index contributed by atoms with van der Waals surface area (Å²) in [7, 11) is 0. The van der Waals surface area contributed by atoms with Crippen molar-refractivity contribution in [3.05, 3.63) is 34.6 Å². The van der Waals surface area contributed by atoms with E-state index in [0.29, 0.717) is 18.0 Å². The molecule has 1 saturated heterocycles. The summed E-state index contributed by atoms with van der Waals surface area (Å²) in [5.74, 6) is 0.0916. The van der Waals surface area contributed by atoms with E-state index in [2.05, 4.69) is 37.9 Å². The molecule has 1 aromatic rings. The van der Waals surface area contributed by atoms with Crippen LogP contribution in [0.2, 0.25) is 5.02 Å². The molecule has 20 heavy (non-hydrogen) atoms. The normalized spacial score (nSPS) is 25.9. The minimum atomic E-state index is -0.328. The Bertz CT molecular complexity index is 464. The van der Waals surface area contributed by atoms with Crippen molar-refractivity contribution in [2.45, 2.75) is 45.8 Å². The second-order valence-electron chi connectivity index (χ2n) is 6.22. The molecule has 2 rings (SSSR count). The number of rotatable bonds is 3. The van der Waals surface area contributed by atoms with Gasteiger partial charge in [-0.15, -0.1) is 0 Å². The average Bonchev–Trinajstić information content (AvgIpc) is 2.38. The van der Waals surface area contributed by atoms with E-state index in [1.165, 1.54) is 0 Å². The van der Waals surface area contributed by atoms with Gasteiger partial charge in [0, 0.05) is 31.2 Å². The van der Waals surface area contributed by atoms with Gasteiger partial charge in [-0.2, -0.15) is 0 Å². The standard InChI is InChI=1S/C16H24ClFN2/c1-10(2)16(13-5-6-14(17)15(18)7-13)20-9-11(3)19-8-12(20)4/h5-7,10-12,16,19H,8-9H2,1-4H3/t11-,12+,16?/m0/s1. The minimum Gasteiger partial charge on any atom is -0.311 e. The number of benzene rings is 1. The molecular weight excluding hydrogens is 275 g/mol. The van der Waals surface area contributed by atoms with E-state index in [0.717, 1.165) is 18.7 Å². The summed E-state index contributed by atoms with van der Waals surface area (Å²) in [6.07, 6.45) is 0. The Labute approximate surface area is 126 Å². The van der Waals surface area contributed by atoms with Crippen LogP contribution in [0, 0.1) is 11.7 Å². The van der Waals surface area contributed by atoms with Gasteiger partial charge in [0.2, 0.25) is 0 Å². The van der Waals surface area contributed by atoms with Gasteiger partial charge in [0.25, 0.3) is 0 Å². The molecule has 1 heterocycles. The van der Waals surface area contributed by atoms with Crippen LogP contribution in [0.3, 0.4) is 0 Å². The van der Waals surface area contributed by atoms with Crippen molar-refractivity contribution in [1.29, 1.82) is 0 Å². The van der Waals surface area contributed by atoms with E-state index < -0.39 is 0 Å². The average molecular weight is 299 g/mol. The van der Waals surface area contributed by atoms with Crippen molar-refractivity contribution in [3.8, 4) is 0 Å². The first kappa shape index (κ1) is 15.7. The third kappa shape index (κ3) is 3.33. The molecule has 1 aromatic carbocycles. The Balaban J connectivity index is 2.32. The van der Waals surface area contributed by atoms with Gasteiger partial charge in [-0.25, -0.2) is 4.39 Å². The molecule has 0 aromatic heterocycles. The maximum Gasteiger partial charge on any atom is 0.142 e. The zero-order valence-electron chi connectivity index (χ0n) is 12.7. The lowest BCUT2D eigenvalue weighted by Gasteiger charge is -2.44. The van der Waals surface area contributed by atoms with E-state index in [1.54, 1.807) is 12.1 Å². The fraction of sp³-hybridized carbons (Fsp3) is 0.625. The van der Waals surface area contributed by atoms with Crippen molar-refractivity contribution in [3.63, 3.8) is 0 Å². The Morgan fingerprint density at radius 1 is 1.35 bits per heavy atom. The lowest BCUT2D eigenvalue weighted by atomic mass is 9.91. The SMILES string of the molecule is CC(C)C(c1ccc(Cl)c(F)c1)N1C[C@H](C)NC[C@H]1C. The van der Waals surface area contributed by atoms with Crippen LogP contribution in [-0.2, 0) is 0 Å². The lowest BCUT2D eigenvalue weighted by Crippen LogP contribution is -2.56. The highest BCUT2D eigenvalue weighted by Crippen LogP contribution is 2.33. The van der Waals surface area contributed by atoms with Crippen molar-refractivity contribution < 1.29 is 4.39 Å². The number of nitrogens with one attached hydrogen (secondary N) is 1. The van der Waals surface area contributed by atoms with Gasteiger partial charge in [0.15, 0.2) is 0 Å². The minimum absolute atomic E-state index is 0.193. The van der Waals surface area contributed by atoms with Crippen molar-refractivity contribution in [1.82, 2.24) is 10.2 Å². The summed E-state index contributed by atoms with van der Waals surface area (Å²) in [6, 6.07) is 6.34. The van der Waals surface area contributed by atoms with Crippen LogP contribution in [0.4, 0.5) is 4.39 Å². The van der Waals surface area contributed by atoms with Gasteiger partial charge in [-0.05, 0) is 37.5 Å². The monoisotopic (exact) mass is 298 g/mol. The number of piperazine rings is 1. The molecule has 112 valence electrons. The fourth-order valence-corrected chi connectivity index (χ4v) is 3.21. The van der Waals surface area contributed by atoms with E-state index in [-0.39, 0.29) is 16.9 Å². The molecule has 0 radical (unpaired) electrons. The lowest BCUT2D eigenvalue weighted by molar-refractivity contribution is 0.0696. The fourth-order valence-electron chi connectivity index (χ4n) is 3.09. The van der Waals surface area contributed by atoms with Gasteiger partial charge >= 0.3 is 0 Å². The van der Waals surface area contributed by atoms with Crippen molar-refractivity contribution >= 4 is 11.6 Å². The molecule has 1 aliphatic heterocycles. The summed E-state index contributed by atoms with van der Waals surface area (Å²) in [4.78, 5) is 2.48. The molecule has 0 amide bonds. The van der Waals surface area contributed by atoms with Crippen LogP contribution in [0.1, 0.15) is 39.3 Å². The number of halogens is 2. The first-order valence-corrected chi connectivity index (χ1v) is 7.72. The van der Waals surface area contributed by atoms with E-state index in [4.69, 9.17) is 11.6 Å². The van der Waals surface area contributed by atoms with E-state index >= 15 is 0 Å². The third-order valence-corrected chi connectivity index (χ3v) is 4.39. The molecule has 0 bridgehead atoms. The van der Waals surface area contributed by atoms with E-state index in [1.807, 2.05) is 6.07 Å². The molecular formula is C16H24ClFN2. The molecule has 1 unspecified atom stereocenters. The molecule has 0 saturated carbocycles. The Hall–Kier alpha value is -0.640. The Morgan fingerprint density at radius 2 is 2.05 bits per heavy atom. The second kappa shape index (κ2) is 6.42. The first-order chi connectivity index (χ1) is 9.40. The number of hydrogen-bond donors (Lipinski definition) is 1. The molecule has 1 aliphatic rings. The molecule has 3 atom stereocenters. The first-order valence-electron chi connectivity index (χ1n) is 7.34. The molecule has 2 nitrogen and oxygen atoms in total. The van der Waals surface area contributed by atoms with Crippen LogP contribution >= 0.6 is 11.6 Å². The zero-order chi connectivity index (χ0) is 14.9. The topological polar surface area (TPSA) is 15.3 Å². The highest BCUT2D eigenvalue weighted by molar-refractivity contribution is 6.30. The second-order valence-corrected chi connectivity index (χ2v) is 6.62. The van der Waals surface area contributed by atoms with Gasteiger partial charge in [-0.3, -0.25) is 4.90 Å². The van der Waals surface area contributed by atoms with Crippen LogP contribution in [0.5, 0.6) is 0 Å². The summed E-state index contributed by atoms with van der Waals surface area (Å²) < 4.78 is 13.8. The largest absolute Gasteiger partial charge is 0.311 e. The van der Waals surface area contributed by atoms with E-state index in [9.17, 15) is 4.39 Å². The Kier molecular flexibility index (Phi) is 5.05. The molecule has 0 aliphatic carbocycles. The summed E-state index contributed by atoms with van der Waals surface area (Å²) in [5.41, 5.74) is 1.02. The van der Waals surface area contributed by atoms with Crippen LogP contribution in [0.25, 0.3) is 0 Å². The van der Waals surface area contributed by atoms with Crippen molar-refractivity contribution in [2.24, 2.45) is 5.92 Å². The smallest absolute Gasteiger partial charge is 0.142 e. The molecule has 0 spiro atoms. The highest BCUT2D eigenvalue weighted by atomic mass is 35.5. The maximum absolute atomic E-state index is 13.8. The number of hydrogen-bond acceptors (Lipinski definition) is 2. The number of nitrogens with zero attached hydrogens (tertiary/aromatic N) is 1. The van der Waals surface area contributed by atoms with Gasteiger partial charge in [-0.1, -0.05) is 31.5 Å². The van der Waals surface area contributed by atoms with Gasteiger partial charge in [0.1, 0.15) is 5.82 Å². The summed E-state index contributed by atoms with van der Waals surface area (Å²) in [6.45, 7) is 10.8. The summed E-state index contributed by atoms with van der Waals surface area (Å²) >= 11 is 5.80. The van der Waals surface area contributed by atoms with Crippen molar-refractivity contribution in [2.75, 3.05) is 13.1 Å². The highest BCUT2D eigenvalue weighted by Gasteiger charge is 2.31. The predicted octanol–water partition coefficient (Wildman–Crippen LogP) is 3.86. The zero-order valence-corrected chi connectivity index (χ0v) is 13.4. The predicted molar refractivity (Wildman–Crippen MR) is 82.6 cm³/mol. The van der Waals surface area contributed by atoms with Crippen LogP contribution in [0.15, 0.2) is 18.2 Å². The Morgan fingerprint density at radius 3 is 2.65 bits per heavy atom. The summed E-state index contributed by atoms with van der Waals surface area (Å²) in [5, 5.41) is 3.68. The third-order valence-electron chi connectivity index (χ3n) is 4.09. The maximum atomic E-state index is 13.8. The molecule has 1 N–H and O–H groups in total. The molecule has 1 fully saturated rings. The van der Waals surface area contributed by atoms with Crippen LogP contribution in [-0.4, -0.2) is 30.1 Å². The van der Waals surface area contributed by atoms with Crippen LogP contribution < -0.4 is 5.32 Å². The quantitative estimate of drug-likeness (QED) is 0.911.